The van der Waals surface area contributed by atoms with Gasteiger partial charge < -0.3 is 20.2 Å². The molecular weight excluding hydrogens is 368 g/mol. The maximum atomic E-state index is 12.9. The summed E-state index contributed by atoms with van der Waals surface area (Å²) < 4.78 is 0. The van der Waals surface area contributed by atoms with Crippen LogP contribution in [0.5, 0.6) is 0 Å². The second kappa shape index (κ2) is 7.83. The van der Waals surface area contributed by atoms with Gasteiger partial charge in [-0.15, -0.1) is 0 Å². The van der Waals surface area contributed by atoms with E-state index in [0.29, 0.717) is 25.2 Å². The minimum Gasteiger partial charge on any atom is -0.394 e. The predicted octanol–water partition coefficient (Wildman–Crippen LogP) is 1.86. The third-order valence-corrected chi connectivity index (χ3v) is 5.99. The number of aliphatic hydroxyl groups excluding tert-OH is 1. The lowest BCUT2D eigenvalue weighted by Gasteiger charge is -2.70. The van der Waals surface area contributed by atoms with Crippen LogP contribution in [0, 0.1) is 0 Å². The number of likely N-dealkylation sites (tertiary alicyclic amines) is 2. The zero-order valence-corrected chi connectivity index (χ0v) is 16.5. The Hall–Kier alpha value is -2.93. The minimum absolute atomic E-state index is 0.0148. The number of carbonyl (C=O) groups excluding carboxylic acids is 2. The number of amides is 3. The molecule has 2 fully saturated rings. The highest BCUT2D eigenvalue weighted by molar-refractivity contribution is 5.95. The summed E-state index contributed by atoms with van der Waals surface area (Å²) in [6, 6.07) is 13.0. The lowest BCUT2D eigenvalue weighted by Crippen LogP contribution is -2.86. The molecule has 1 aromatic carbocycles. The van der Waals surface area contributed by atoms with Crippen LogP contribution in [0.3, 0.4) is 0 Å². The molecule has 2 N–H and O–H groups in total. The number of pyridine rings is 1. The number of nitrogens with zero attached hydrogens (tertiary/aromatic N) is 3. The molecule has 0 radical (unpaired) electrons. The van der Waals surface area contributed by atoms with Crippen molar-refractivity contribution in [3.63, 3.8) is 0 Å². The summed E-state index contributed by atoms with van der Waals surface area (Å²) in [6.07, 6.45) is 4.03. The highest BCUT2D eigenvalue weighted by Crippen LogP contribution is 2.53. The third-order valence-electron chi connectivity index (χ3n) is 5.99. The molecule has 0 aliphatic carbocycles. The van der Waals surface area contributed by atoms with E-state index in [0.717, 1.165) is 12.0 Å². The van der Waals surface area contributed by atoms with E-state index in [9.17, 15) is 14.7 Å². The normalized spacial score (nSPS) is 22.0. The highest BCUT2D eigenvalue weighted by atomic mass is 16.3. The summed E-state index contributed by atoms with van der Waals surface area (Å²) in [6.45, 7) is 3.35. The maximum absolute atomic E-state index is 12.9. The van der Waals surface area contributed by atoms with Gasteiger partial charge in [-0.1, -0.05) is 37.3 Å². The van der Waals surface area contributed by atoms with Crippen molar-refractivity contribution in [2.75, 3.05) is 26.2 Å². The lowest BCUT2D eigenvalue weighted by atomic mass is 9.61. The lowest BCUT2D eigenvalue weighted by molar-refractivity contribution is -0.148. The monoisotopic (exact) mass is 394 g/mol. The Bertz CT molecular complexity index is 868. The first-order valence-electron chi connectivity index (χ1n) is 10.0. The van der Waals surface area contributed by atoms with E-state index in [1.54, 1.807) is 34.3 Å². The van der Waals surface area contributed by atoms with Crippen molar-refractivity contribution in [2.45, 2.75) is 30.8 Å². The van der Waals surface area contributed by atoms with Gasteiger partial charge in [-0.25, -0.2) is 4.79 Å². The summed E-state index contributed by atoms with van der Waals surface area (Å²) in [5, 5.41) is 13.0. The van der Waals surface area contributed by atoms with E-state index in [2.05, 4.69) is 10.3 Å². The Kier molecular flexibility index (Phi) is 5.24. The van der Waals surface area contributed by atoms with Crippen LogP contribution in [-0.2, 0) is 0 Å². The van der Waals surface area contributed by atoms with Gasteiger partial charge in [-0.3, -0.25) is 9.78 Å². The number of carbonyl (C=O) groups is 2. The van der Waals surface area contributed by atoms with Crippen molar-refractivity contribution in [1.29, 1.82) is 0 Å². The van der Waals surface area contributed by atoms with E-state index in [4.69, 9.17) is 0 Å². The van der Waals surface area contributed by atoms with E-state index in [-0.39, 0.29) is 30.5 Å². The SMILES string of the molecule is CCCNC(=O)N1[C@H](CO)[C@@H](c2ccccc2)C12CN(C(=O)c1cccnc1)C2. The molecule has 2 aliphatic heterocycles. The van der Waals surface area contributed by atoms with Gasteiger partial charge in [0.05, 0.1) is 23.8 Å². The number of benzene rings is 1. The Morgan fingerprint density at radius 3 is 2.59 bits per heavy atom. The summed E-state index contributed by atoms with van der Waals surface area (Å²) in [7, 11) is 0. The molecule has 2 atom stereocenters. The van der Waals surface area contributed by atoms with Crippen LogP contribution in [0.2, 0.25) is 0 Å². The van der Waals surface area contributed by atoms with Crippen LogP contribution < -0.4 is 5.32 Å². The summed E-state index contributed by atoms with van der Waals surface area (Å²) in [5.74, 6) is -0.101. The zero-order valence-electron chi connectivity index (χ0n) is 16.5. The second-order valence-corrected chi connectivity index (χ2v) is 7.75. The van der Waals surface area contributed by atoms with Crippen LogP contribution in [0.1, 0.15) is 35.2 Å². The summed E-state index contributed by atoms with van der Waals surface area (Å²) in [4.78, 5) is 33.2. The first-order chi connectivity index (χ1) is 14.1. The zero-order chi connectivity index (χ0) is 20.4. The number of hydrogen-bond donors (Lipinski definition) is 2. The standard InChI is InChI=1S/C22H26N4O3/c1-2-10-24-21(29)26-18(13-27)19(16-7-4-3-5-8-16)22(26)14-25(15-22)20(28)17-9-6-11-23-12-17/h3-9,11-12,18-19,27H,2,10,13-15H2,1H3,(H,24,29)/t18-,19-/m1/s1. The number of rotatable bonds is 5. The van der Waals surface area contributed by atoms with E-state index >= 15 is 0 Å². The Balaban J connectivity index is 1.60. The van der Waals surface area contributed by atoms with Crippen LogP contribution in [0.25, 0.3) is 0 Å². The van der Waals surface area contributed by atoms with Gasteiger partial charge in [-0.05, 0) is 24.1 Å². The fraction of sp³-hybridized carbons (Fsp3) is 0.409. The maximum Gasteiger partial charge on any atom is 0.318 e. The van der Waals surface area contributed by atoms with Gasteiger partial charge in [0.2, 0.25) is 0 Å². The average molecular weight is 394 g/mol. The average Bonchev–Trinajstić information content (AvgIpc) is 2.72. The molecule has 1 aromatic heterocycles. The van der Waals surface area contributed by atoms with Crippen molar-refractivity contribution in [3.8, 4) is 0 Å². The Labute approximate surface area is 170 Å². The minimum atomic E-state index is -0.496. The number of aliphatic hydroxyl groups is 1. The summed E-state index contributed by atoms with van der Waals surface area (Å²) in [5.41, 5.74) is 1.13. The molecule has 2 saturated heterocycles. The molecule has 2 aliphatic rings. The molecule has 0 saturated carbocycles. The molecule has 0 bridgehead atoms. The molecule has 3 amide bonds. The van der Waals surface area contributed by atoms with E-state index < -0.39 is 5.54 Å². The first-order valence-corrected chi connectivity index (χ1v) is 10.0. The van der Waals surface area contributed by atoms with Gasteiger partial charge in [0, 0.05) is 37.9 Å². The Morgan fingerprint density at radius 2 is 1.97 bits per heavy atom. The number of aromatic nitrogens is 1. The molecule has 29 heavy (non-hydrogen) atoms. The fourth-order valence-corrected chi connectivity index (χ4v) is 4.73. The van der Waals surface area contributed by atoms with Crippen LogP contribution in [0.4, 0.5) is 4.79 Å². The van der Waals surface area contributed by atoms with Crippen LogP contribution >= 0.6 is 0 Å². The van der Waals surface area contributed by atoms with Gasteiger partial charge in [0.15, 0.2) is 0 Å². The van der Waals surface area contributed by atoms with E-state index in [1.807, 2.05) is 37.3 Å². The molecule has 0 unspecified atom stereocenters. The molecule has 1 spiro atoms. The molecule has 152 valence electrons. The van der Waals surface area contributed by atoms with Gasteiger partial charge in [0.1, 0.15) is 0 Å². The second-order valence-electron chi connectivity index (χ2n) is 7.75. The first kappa shape index (κ1) is 19.4. The quantitative estimate of drug-likeness (QED) is 0.811. The van der Waals surface area contributed by atoms with Crippen molar-refractivity contribution in [1.82, 2.24) is 20.1 Å². The third kappa shape index (κ3) is 3.15. The molecule has 2 aromatic rings. The van der Waals surface area contributed by atoms with Crippen molar-refractivity contribution in [3.05, 3.63) is 66.0 Å². The topological polar surface area (TPSA) is 85.8 Å². The highest BCUT2D eigenvalue weighted by Gasteiger charge is 2.68. The van der Waals surface area contributed by atoms with Gasteiger partial charge in [0.25, 0.3) is 5.91 Å². The molecule has 3 heterocycles. The number of urea groups is 1. The molecule has 7 nitrogen and oxygen atoms in total. The van der Waals surface area contributed by atoms with Crippen LogP contribution in [-0.4, -0.2) is 69.7 Å². The predicted molar refractivity (Wildman–Crippen MR) is 108 cm³/mol. The molecular formula is C22H26N4O3. The van der Waals surface area contributed by atoms with Gasteiger partial charge >= 0.3 is 6.03 Å². The van der Waals surface area contributed by atoms with Crippen molar-refractivity contribution >= 4 is 11.9 Å². The Morgan fingerprint density at radius 1 is 1.21 bits per heavy atom. The van der Waals surface area contributed by atoms with Crippen molar-refractivity contribution < 1.29 is 14.7 Å². The number of nitrogens with one attached hydrogen (secondary N) is 1. The smallest absolute Gasteiger partial charge is 0.318 e. The molecule has 4 rings (SSSR count). The van der Waals surface area contributed by atoms with Crippen molar-refractivity contribution in [2.24, 2.45) is 0 Å². The summed E-state index contributed by atoms with van der Waals surface area (Å²) >= 11 is 0. The van der Waals surface area contributed by atoms with Gasteiger partial charge in [-0.2, -0.15) is 0 Å². The number of hydrogen-bond acceptors (Lipinski definition) is 4. The molecule has 7 heteroatoms. The van der Waals surface area contributed by atoms with Crippen LogP contribution in [0.15, 0.2) is 54.9 Å². The largest absolute Gasteiger partial charge is 0.394 e. The van der Waals surface area contributed by atoms with E-state index in [1.165, 1.54) is 0 Å². The fourth-order valence-electron chi connectivity index (χ4n) is 4.73.